The van der Waals surface area contributed by atoms with Gasteiger partial charge in [-0.15, -0.1) is 0 Å². The number of piperazine rings is 1. The van der Waals surface area contributed by atoms with Gasteiger partial charge >= 0.3 is 5.97 Å². The van der Waals surface area contributed by atoms with Crippen LogP contribution in [0.5, 0.6) is 0 Å². The van der Waals surface area contributed by atoms with Gasteiger partial charge in [-0.2, -0.15) is 0 Å². The van der Waals surface area contributed by atoms with Gasteiger partial charge in [0.15, 0.2) is 0 Å². The van der Waals surface area contributed by atoms with Crippen molar-refractivity contribution < 1.29 is 13.9 Å². The number of esters is 1. The zero-order chi connectivity index (χ0) is 18.8. The van der Waals surface area contributed by atoms with E-state index in [4.69, 9.17) is 4.74 Å². The van der Waals surface area contributed by atoms with Gasteiger partial charge in [0.2, 0.25) is 5.95 Å². The number of hydrogen-bond acceptors (Lipinski definition) is 5. The number of ether oxygens (including phenoxy) is 1. The fourth-order valence-corrected chi connectivity index (χ4v) is 3.32. The van der Waals surface area contributed by atoms with E-state index in [2.05, 4.69) is 19.8 Å². The van der Waals surface area contributed by atoms with Crippen molar-refractivity contribution >= 4 is 28.6 Å². The number of fused-ring (bicyclic) bond motifs is 1. The Labute approximate surface area is 156 Å². The number of carbonyl (C=O) groups excluding carboxylic acids is 1. The Morgan fingerprint density at radius 3 is 2.52 bits per heavy atom. The van der Waals surface area contributed by atoms with E-state index < -0.39 is 0 Å². The first-order valence-electron chi connectivity index (χ1n) is 9.06. The zero-order valence-corrected chi connectivity index (χ0v) is 15.1. The lowest BCUT2D eigenvalue weighted by atomic mass is 10.2. The number of H-pyrrole nitrogens is 1. The second-order valence-electron chi connectivity index (χ2n) is 6.46. The molecule has 3 aromatic rings. The fourth-order valence-electron chi connectivity index (χ4n) is 3.32. The molecule has 2 aromatic carbocycles. The van der Waals surface area contributed by atoms with Crippen LogP contribution in [0, 0.1) is 5.82 Å². The number of imidazole rings is 1. The molecule has 0 atom stereocenters. The maximum absolute atomic E-state index is 13.1. The number of hydrogen-bond donors (Lipinski definition) is 1. The third-order valence-corrected chi connectivity index (χ3v) is 4.75. The number of anilines is 2. The van der Waals surface area contributed by atoms with Gasteiger partial charge in [0.1, 0.15) is 5.82 Å². The zero-order valence-electron chi connectivity index (χ0n) is 15.1. The molecule has 2 heterocycles. The van der Waals surface area contributed by atoms with Gasteiger partial charge in [0.25, 0.3) is 0 Å². The van der Waals surface area contributed by atoms with Crippen molar-refractivity contribution in [2.75, 3.05) is 42.6 Å². The van der Waals surface area contributed by atoms with Crippen molar-refractivity contribution in [1.29, 1.82) is 0 Å². The Kier molecular flexibility index (Phi) is 4.66. The SMILES string of the molecule is CCOC(=O)c1ccc2nc(N3CCN(c4ccc(F)cc4)CC3)[nH]c2c1. The summed E-state index contributed by atoms with van der Waals surface area (Å²) < 4.78 is 18.1. The number of nitrogens with one attached hydrogen (secondary N) is 1. The van der Waals surface area contributed by atoms with Crippen LogP contribution < -0.4 is 9.80 Å². The molecule has 0 unspecified atom stereocenters. The Balaban J connectivity index is 1.47. The largest absolute Gasteiger partial charge is 0.462 e. The van der Waals surface area contributed by atoms with Gasteiger partial charge in [-0.05, 0) is 49.4 Å². The highest BCUT2D eigenvalue weighted by molar-refractivity contribution is 5.94. The molecule has 1 aromatic heterocycles. The van der Waals surface area contributed by atoms with E-state index in [0.29, 0.717) is 12.2 Å². The highest BCUT2D eigenvalue weighted by Crippen LogP contribution is 2.22. The van der Waals surface area contributed by atoms with Crippen molar-refractivity contribution in [2.45, 2.75) is 6.92 Å². The lowest BCUT2D eigenvalue weighted by Gasteiger charge is -2.36. The second kappa shape index (κ2) is 7.26. The molecule has 0 bridgehead atoms. The summed E-state index contributed by atoms with van der Waals surface area (Å²) in [5, 5.41) is 0. The molecule has 6 nitrogen and oxygen atoms in total. The number of nitrogens with zero attached hydrogens (tertiary/aromatic N) is 3. The molecule has 1 saturated heterocycles. The molecule has 0 aliphatic carbocycles. The lowest BCUT2D eigenvalue weighted by molar-refractivity contribution is 0.0526. The maximum atomic E-state index is 13.1. The molecule has 0 saturated carbocycles. The molecule has 140 valence electrons. The van der Waals surface area contributed by atoms with Crippen LogP contribution in [0.3, 0.4) is 0 Å². The number of aromatic amines is 1. The van der Waals surface area contributed by atoms with Gasteiger partial charge in [-0.1, -0.05) is 0 Å². The van der Waals surface area contributed by atoms with E-state index >= 15 is 0 Å². The monoisotopic (exact) mass is 368 g/mol. The Morgan fingerprint density at radius 1 is 1.11 bits per heavy atom. The Morgan fingerprint density at radius 2 is 1.81 bits per heavy atom. The average Bonchev–Trinajstić information content (AvgIpc) is 3.12. The van der Waals surface area contributed by atoms with Crippen molar-refractivity contribution in [1.82, 2.24) is 9.97 Å². The summed E-state index contributed by atoms with van der Waals surface area (Å²) in [5.74, 6) is 0.245. The van der Waals surface area contributed by atoms with Crippen molar-refractivity contribution in [3.05, 3.63) is 53.8 Å². The topological polar surface area (TPSA) is 61.5 Å². The van der Waals surface area contributed by atoms with Crippen LogP contribution in [0.4, 0.5) is 16.0 Å². The molecular formula is C20H21FN4O2. The van der Waals surface area contributed by atoms with E-state index in [9.17, 15) is 9.18 Å². The van der Waals surface area contributed by atoms with Crippen LogP contribution in [-0.2, 0) is 4.74 Å². The maximum Gasteiger partial charge on any atom is 0.338 e. The molecule has 4 rings (SSSR count). The number of carbonyl (C=O) groups is 1. The third kappa shape index (κ3) is 3.58. The highest BCUT2D eigenvalue weighted by Gasteiger charge is 2.20. The normalized spacial score (nSPS) is 14.6. The van der Waals surface area contributed by atoms with Gasteiger partial charge in [-0.25, -0.2) is 14.2 Å². The summed E-state index contributed by atoms with van der Waals surface area (Å²) in [7, 11) is 0. The first kappa shape index (κ1) is 17.3. The van der Waals surface area contributed by atoms with Crippen molar-refractivity contribution in [3.8, 4) is 0 Å². The average molecular weight is 368 g/mol. The van der Waals surface area contributed by atoms with E-state index in [-0.39, 0.29) is 11.8 Å². The Hall–Kier alpha value is -3.09. The smallest absolute Gasteiger partial charge is 0.338 e. The summed E-state index contributed by atoms with van der Waals surface area (Å²) in [5.41, 5.74) is 3.18. The van der Waals surface area contributed by atoms with Crippen LogP contribution in [0.15, 0.2) is 42.5 Å². The van der Waals surface area contributed by atoms with E-state index in [0.717, 1.165) is 48.8 Å². The van der Waals surface area contributed by atoms with Crippen LogP contribution in [0.25, 0.3) is 11.0 Å². The van der Waals surface area contributed by atoms with E-state index in [1.165, 1.54) is 12.1 Å². The number of halogens is 1. The quantitative estimate of drug-likeness (QED) is 0.717. The molecule has 0 spiro atoms. The van der Waals surface area contributed by atoms with E-state index in [1.54, 1.807) is 19.1 Å². The molecule has 0 radical (unpaired) electrons. The highest BCUT2D eigenvalue weighted by atomic mass is 19.1. The molecule has 27 heavy (non-hydrogen) atoms. The molecule has 1 aliphatic heterocycles. The second-order valence-corrected chi connectivity index (χ2v) is 6.46. The fraction of sp³-hybridized carbons (Fsp3) is 0.300. The van der Waals surface area contributed by atoms with Gasteiger partial charge in [0, 0.05) is 31.9 Å². The van der Waals surface area contributed by atoms with Crippen molar-refractivity contribution in [2.24, 2.45) is 0 Å². The van der Waals surface area contributed by atoms with Crippen molar-refractivity contribution in [3.63, 3.8) is 0 Å². The predicted molar refractivity (Wildman–Crippen MR) is 103 cm³/mol. The van der Waals surface area contributed by atoms with Crippen LogP contribution in [0.1, 0.15) is 17.3 Å². The lowest BCUT2D eigenvalue weighted by Crippen LogP contribution is -2.46. The standard InChI is InChI=1S/C20H21FN4O2/c1-2-27-19(26)14-3-8-17-18(13-14)23-20(22-17)25-11-9-24(10-12-25)16-6-4-15(21)5-7-16/h3-8,13H,2,9-12H2,1H3,(H,22,23). The van der Waals surface area contributed by atoms with Gasteiger partial charge < -0.3 is 19.5 Å². The first-order valence-corrected chi connectivity index (χ1v) is 9.06. The summed E-state index contributed by atoms with van der Waals surface area (Å²) >= 11 is 0. The summed E-state index contributed by atoms with van der Waals surface area (Å²) in [4.78, 5) is 24.3. The molecule has 1 aliphatic rings. The van der Waals surface area contributed by atoms with Gasteiger partial charge in [0.05, 0.1) is 23.2 Å². The number of rotatable bonds is 4. The molecular weight excluding hydrogens is 347 g/mol. The summed E-state index contributed by atoms with van der Waals surface area (Å²) in [6.45, 7) is 5.41. The number of benzene rings is 2. The minimum atomic E-state index is -0.330. The van der Waals surface area contributed by atoms with Crippen LogP contribution in [-0.4, -0.2) is 48.7 Å². The predicted octanol–water partition coefficient (Wildman–Crippen LogP) is 3.21. The third-order valence-electron chi connectivity index (χ3n) is 4.75. The van der Waals surface area contributed by atoms with Crippen LogP contribution >= 0.6 is 0 Å². The first-order chi connectivity index (χ1) is 13.1. The molecule has 1 N–H and O–H groups in total. The number of aromatic nitrogens is 2. The molecule has 1 fully saturated rings. The molecule has 7 heteroatoms. The summed E-state index contributed by atoms with van der Waals surface area (Å²) in [6, 6.07) is 11.9. The van der Waals surface area contributed by atoms with Gasteiger partial charge in [-0.3, -0.25) is 0 Å². The molecule has 0 amide bonds. The summed E-state index contributed by atoms with van der Waals surface area (Å²) in [6.07, 6.45) is 0. The Bertz CT molecular complexity index is 946. The minimum Gasteiger partial charge on any atom is -0.462 e. The van der Waals surface area contributed by atoms with E-state index in [1.807, 2.05) is 18.2 Å². The minimum absolute atomic E-state index is 0.221. The van der Waals surface area contributed by atoms with Crippen LogP contribution in [0.2, 0.25) is 0 Å².